The van der Waals surface area contributed by atoms with E-state index in [4.69, 9.17) is 4.74 Å². The molecule has 0 saturated heterocycles. The molecule has 0 fully saturated rings. The van der Waals surface area contributed by atoms with Crippen molar-refractivity contribution in [2.24, 2.45) is 0 Å². The number of rotatable bonds is 6. The highest BCUT2D eigenvalue weighted by atomic mass is 127. The third kappa shape index (κ3) is 8.46. The van der Waals surface area contributed by atoms with E-state index in [9.17, 15) is 4.79 Å². The van der Waals surface area contributed by atoms with Gasteiger partial charge in [0.2, 0.25) is 0 Å². The molecule has 0 amide bonds. The van der Waals surface area contributed by atoms with Crippen molar-refractivity contribution >= 4 is 40.3 Å². The number of thioether (sulfide) groups is 1. The lowest BCUT2D eigenvalue weighted by Gasteiger charge is -1.99. The van der Waals surface area contributed by atoms with Crippen molar-refractivity contribution < 1.29 is 9.53 Å². The maximum atomic E-state index is 10.8. The fourth-order valence-corrected chi connectivity index (χ4v) is 2.10. The van der Waals surface area contributed by atoms with Crippen LogP contribution in [0.25, 0.3) is 0 Å². The van der Waals surface area contributed by atoms with Crippen molar-refractivity contribution in [2.45, 2.75) is 13.3 Å². The summed E-state index contributed by atoms with van der Waals surface area (Å²) in [6.07, 6.45) is 0.551. The van der Waals surface area contributed by atoms with Gasteiger partial charge >= 0.3 is 5.97 Å². The molecule has 0 rings (SSSR count). The van der Waals surface area contributed by atoms with E-state index >= 15 is 0 Å². The van der Waals surface area contributed by atoms with Crippen LogP contribution in [-0.4, -0.2) is 28.5 Å². The number of carbonyl (C=O) groups is 1. The molecule has 0 spiro atoms. The maximum Gasteiger partial charge on any atom is 0.306 e. The maximum absolute atomic E-state index is 10.8. The zero-order chi connectivity index (χ0) is 8.53. The fourth-order valence-electron chi connectivity index (χ4n) is 0.545. The van der Waals surface area contributed by atoms with Gasteiger partial charge in [-0.05, 0) is 6.92 Å². The van der Waals surface area contributed by atoms with Crippen LogP contribution in [0.15, 0.2) is 0 Å². The summed E-state index contributed by atoms with van der Waals surface area (Å²) >= 11 is 4.12. The van der Waals surface area contributed by atoms with E-state index in [0.717, 1.165) is 15.9 Å². The van der Waals surface area contributed by atoms with E-state index in [1.54, 1.807) is 11.8 Å². The first-order valence-corrected chi connectivity index (χ1v) is 6.28. The average molecular weight is 288 g/mol. The van der Waals surface area contributed by atoms with Gasteiger partial charge in [-0.3, -0.25) is 4.79 Å². The first kappa shape index (κ1) is 11.6. The van der Waals surface area contributed by atoms with Crippen LogP contribution in [0.1, 0.15) is 13.3 Å². The fraction of sp³-hybridized carbons (Fsp3) is 0.857. The second kappa shape index (κ2) is 8.64. The molecule has 0 aliphatic heterocycles. The Morgan fingerprint density at radius 2 is 2.27 bits per heavy atom. The summed E-state index contributed by atoms with van der Waals surface area (Å²) in [5.41, 5.74) is 0. The van der Waals surface area contributed by atoms with Crippen molar-refractivity contribution in [3.63, 3.8) is 0 Å². The molecule has 0 N–H and O–H groups in total. The third-order valence-electron chi connectivity index (χ3n) is 0.977. The summed E-state index contributed by atoms with van der Waals surface area (Å²) in [4.78, 5) is 10.8. The molecule has 0 radical (unpaired) electrons. The van der Waals surface area contributed by atoms with Crippen LogP contribution in [0.4, 0.5) is 0 Å². The summed E-state index contributed by atoms with van der Waals surface area (Å²) in [6.45, 7) is 2.33. The molecule has 2 nitrogen and oxygen atoms in total. The monoisotopic (exact) mass is 288 g/mol. The van der Waals surface area contributed by atoms with E-state index in [1.165, 1.54) is 0 Å². The minimum atomic E-state index is -0.0755. The number of hydrogen-bond donors (Lipinski definition) is 0. The largest absolute Gasteiger partial charge is 0.466 e. The Labute approximate surface area is 85.6 Å². The lowest BCUT2D eigenvalue weighted by atomic mass is 10.5. The molecule has 0 aromatic carbocycles. The second-order valence-electron chi connectivity index (χ2n) is 1.86. The lowest BCUT2D eigenvalue weighted by Crippen LogP contribution is -2.04. The van der Waals surface area contributed by atoms with Gasteiger partial charge in [-0.1, -0.05) is 22.6 Å². The predicted octanol–water partition coefficient (Wildman–Crippen LogP) is 2.11. The summed E-state index contributed by atoms with van der Waals surface area (Å²) in [7, 11) is 0. The van der Waals surface area contributed by atoms with Crippen LogP contribution in [0.5, 0.6) is 0 Å². The second-order valence-corrected chi connectivity index (χ2v) is 4.16. The number of hydrogen-bond acceptors (Lipinski definition) is 3. The Morgan fingerprint density at radius 3 is 2.82 bits per heavy atom. The highest BCUT2D eigenvalue weighted by Gasteiger charge is 1.99. The number of carbonyl (C=O) groups excluding carboxylic acids is 1. The van der Waals surface area contributed by atoms with Crippen molar-refractivity contribution in [3.05, 3.63) is 0 Å². The van der Waals surface area contributed by atoms with Gasteiger partial charge in [-0.25, -0.2) is 0 Å². The molecule has 0 unspecified atom stereocenters. The quantitative estimate of drug-likeness (QED) is 0.324. The standard InChI is InChI=1S/C7H13IO2S/c1-2-10-7(9)3-5-11-6-4-8/h2-6H2,1H3. The van der Waals surface area contributed by atoms with Crippen LogP contribution >= 0.6 is 34.4 Å². The predicted molar refractivity (Wildman–Crippen MR) is 57.5 cm³/mol. The smallest absolute Gasteiger partial charge is 0.306 e. The van der Waals surface area contributed by atoms with Gasteiger partial charge in [0.1, 0.15) is 0 Å². The lowest BCUT2D eigenvalue weighted by molar-refractivity contribution is -0.142. The molecule has 66 valence electrons. The molecule has 0 bridgehead atoms. The van der Waals surface area contributed by atoms with Gasteiger partial charge in [-0.15, -0.1) is 0 Å². The van der Waals surface area contributed by atoms with E-state index in [1.807, 2.05) is 6.92 Å². The molecule has 4 heteroatoms. The Kier molecular flexibility index (Phi) is 9.08. The molecule has 0 aromatic rings. The number of alkyl halides is 1. The van der Waals surface area contributed by atoms with Gasteiger partial charge in [-0.2, -0.15) is 11.8 Å². The van der Waals surface area contributed by atoms with Crippen LogP contribution < -0.4 is 0 Å². The third-order valence-corrected chi connectivity index (χ3v) is 3.23. The summed E-state index contributed by atoms with van der Waals surface area (Å²) in [5, 5.41) is 0. The van der Waals surface area contributed by atoms with Gasteiger partial charge in [0, 0.05) is 15.9 Å². The molecule has 11 heavy (non-hydrogen) atoms. The normalized spacial score (nSPS) is 9.64. The highest BCUT2D eigenvalue weighted by molar-refractivity contribution is 14.1. The van der Waals surface area contributed by atoms with Gasteiger partial charge in [0.15, 0.2) is 0 Å². The first-order valence-electron chi connectivity index (χ1n) is 3.60. The van der Waals surface area contributed by atoms with Gasteiger partial charge < -0.3 is 4.74 Å². The molecule has 0 aromatic heterocycles. The van der Waals surface area contributed by atoms with E-state index in [0.29, 0.717) is 13.0 Å². The van der Waals surface area contributed by atoms with Crippen molar-refractivity contribution in [1.82, 2.24) is 0 Å². The number of esters is 1. The topological polar surface area (TPSA) is 26.3 Å². The average Bonchev–Trinajstić information content (AvgIpc) is 1.99. The molecule has 0 aliphatic rings. The Morgan fingerprint density at radius 1 is 1.55 bits per heavy atom. The van der Waals surface area contributed by atoms with Crippen LogP contribution in [0, 0.1) is 0 Å². The minimum Gasteiger partial charge on any atom is -0.466 e. The Balaban J connectivity index is 3.04. The van der Waals surface area contributed by atoms with E-state index in [-0.39, 0.29) is 5.97 Å². The van der Waals surface area contributed by atoms with Crippen molar-refractivity contribution in [2.75, 3.05) is 22.5 Å². The number of ether oxygens (including phenoxy) is 1. The van der Waals surface area contributed by atoms with Crippen molar-refractivity contribution in [1.29, 1.82) is 0 Å². The Hall–Kier alpha value is 0.550. The molecule has 0 aliphatic carbocycles. The van der Waals surface area contributed by atoms with E-state index < -0.39 is 0 Å². The minimum absolute atomic E-state index is 0.0755. The van der Waals surface area contributed by atoms with Crippen LogP contribution in [0.2, 0.25) is 0 Å². The zero-order valence-electron chi connectivity index (χ0n) is 6.64. The van der Waals surface area contributed by atoms with Gasteiger partial charge in [0.05, 0.1) is 13.0 Å². The zero-order valence-corrected chi connectivity index (χ0v) is 9.61. The summed E-state index contributed by atoms with van der Waals surface area (Å²) in [5.74, 6) is 1.94. The summed E-state index contributed by atoms with van der Waals surface area (Å²) in [6, 6.07) is 0. The van der Waals surface area contributed by atoms with Crippen LogP contribution in [0.3, 0.4) is 0 Å². The molecular weight excluding hydrogens is 275 g/mol. The molecular formula is C7H13IO2S. The van der Waals surface area contributed by atoms with Crippen molar-refractivity contribution in [3.8, 4) is 0 Å². The number of halogens is 1. The Bertz CT molecular complexity index is 109. The SMILES string of the molecule is CCOC(=O)CCSCCI. The van der Waals surface area contributed by atoms with Gasteiger partial charge in [0.25, 0.3) is 0 Å². The summed E-state index contributed by atoms with van der Waals surface area (Å²) < 4.78 is 5.91. The molecule has 0 saturated carbocycles. The molecule has 0 heterocycles. The highest BCUT2D eigenvalue weighted by Crippen LogP contribution is 2.04. The molecule has 0 atom stereocenters. The van der Waals surface area contributed by atoms with Crippen LogP contribution in [-0.2, 0) is 9.53 Å². The first-order chi connectivity index (χ1) is 5.31. The van der Waals surface area contributed by atoms with E-state index in [2.05, 4.69) is 22.6 Å².